The lowest BCUT2D eigenvalue weighted by molar-refractivity contribution is 0.0683. The molecule has 0 aliphatic rings. The van der Waals surface area contributed by atoms with Gasteiger partial charge in [-0.2, -0.15) is 5.26 Å². The normalized spacial score (nSPS) is 9.48. The first-order valence-electron chi connectivity index (χ1n) is 5.59. The zero-order valence-electron chi connectivity index (χ0n) is 10.4. The molecule has 2 heterocycles. The zero-order valence-corrected chi connectivity index (χ0v) is 10.4. The lowest BCUT2D eigenvalue weighted by Gasteiger charge is -2.08. The summed E-state index contributed by atoms with van der Waals surface area (Å²) in [5.41, 5.74) is 4.04. The van der Waals surface area contributed by atoms with Crippen molar-refractivity contribution in [2.75, 3.05) is 5.43 Å². The molecule has 1 amide bonds. The van der Waals surface area contributed by atoms with Crippen LogP contribution in [0.3, 0.4) is 0 Å². The van der Waals surface area contributed by atoms with Crippen molar-refractivity contribution >= 4 is 17.7 Å². The van der Waals surface area contributed by atoms with E-state index in [9.17, 15) is 9.59 Å². The number of aromatic nitrogens is 3. The van der Waals surface area contributed by atoms with Crippen LogP contribution in [0.5, 0.6) is 0 Å². The van der Waals surface area contributed by atoms with Gasteiger partial charge in [-0.3, -0.25) is 15.6 Å². The fourth-order valence-electron chi connectivity index (χ4n) is 1.43. The molecule has 104 valence electrons. The third-order valence-electron chi connectivity index (χ3n) is 2.34. The molecule has 0 saturated heterocycles. The summed E-state index contributed by atoms with van der Waals surface area (Å²) in [5.74, 6) is -2.05. The average Bonchev–Trinajstić information content (AvgIpc) is 2.52. The Bertz CT molecular complexity index is 740. The van der Waals surface area contributed by atoms with E-state index in [1.54, 1.807) is 6.07 Å². The van der Waals surface area contributed by atoms with Crippen molar-refractivity contribution < 1.29 is 14.7 Å². The summed E-state index contributed by atoms with van der Waals surface area (Å²) in [7, 11) is 0. The first kappa shape index (κ1) is 13.9. The summed E-state index contributed by atoms with van der Waals surface area (Å²) in [6.07, 6.45) is 3.79. The van der Waals surface area contributed by atoms with Crippen LogP contribution in [0.2, 0.25) is 0 Å². The summed E-state index contributed by atoms with van der Waals surface area (Å²) in [6.45, 7) is 0. The van der Waals surface area contributed by atoms with Crippen molar-refractivity contribution in [3.8, 4) is 6.07 Å². The maximum absolute atomic E-state index is 11.9. The molecule has 21 heavy (non-hydrogen) atoms. The third kappa shape index (κ3) is 3.07. The van der Waals surface area contributed by atoms with Gasteiger partial charge in [0.1, 0.15) is 6.07 Å². The van der Waals surface area contributed by atoms with Gasteiger partial charge in [-0.05, 0) is 12.1 Å². The van der Waals surface area contributed by atoms with Gasteiger partial charge >= 0.3 is 5.97 Å². The van der Waals surface area contributed by atoms with Crippen LogP contribution in [0, 0.1) is 11.3 Å². The molecule has 0 atom stereocenters. The Hall–Kier alpha value is -3.54. The number of hydrazine groups is 1. The Morgan fingerprint density at radius 1 is 1.14 bits per heavy atom. The number of nitrogens with one attached hydrogen (secondary N) is 2. The van der Waals surface area contributed by atoms with E-state index in [1.807, 2.05) is 6.07 Å². The molecule has 0 radical (unpaired) electrons. The molecule has 3 N–H and O–H groups in total. The van der Waals surface area contributed by atoms with Crippen LogP contribution in [0.1, 0.15) is 26.5 Å². The molecule has 2 aromatic rings. The quantitative estimate of drug-likeness (QED) is 0.676. The molecule has 0 unspecified atom stereocenters. The molecule has 0 aromatic carbocycles. The highest BCUT2D eigenvalue weighted by atomic mass is 16.4. The SMILES string of the molecule is N#Cc1cccnc1NNC(=O)c1nccnc1C(=O)O. The van der Waals surface area contributed by atoms with Crippen molar-refractivity contribution in [3.05, 3.63) is 47.7 Å². The van der Waals surface area contributed by atoms with Crippen LogP contribution in [0.4, 0.5) is 5.82 Å². The Labute approximate surface area is 118 Å². The molecule has 9 nitrogen and oxygen atoms in total. The van der Waals surface area contributed by atoms with Gasteiger partial charge in [-0.1, -0.05) is 0 Å². The second-order valence-electron chi connectivity index (χ2n) is 3.65. The number of nitriles is 1. The highest BCUT2D eigenvalue weighted by molar-refractivity contribution is 6.02. The maximum atomic E-state index is 11.9. The molecule has 2 rings (SSSR count). The van der Waals surface area contributed by atoms with E-state index in [0.717, 1.165) is 0 Å². The number of aromatic carboxylic acids is 1. The predicted octanol–water partition coefficient (Wildman–Crippen LogP) is 0.198. The number of carbonyl (C=O) groups is 2. The highest BCUT2D eigenvalue weighted by Gasteiger charge is 2.19. The van der Waals surface area contributed by atoms with Crippen molar-refractivity contribution in [1.82, 2.24) is 20.4 Å². The summed E-state index contributed by atoms with van der Waals surface area (Å²) in [5, 5.41) is 17.8. The molecule has 0 fully saturated rings. The summed E-state index contributed by atoms with van der Waals surface area (Å²) in [6, 6.07) is 4.96. The van der Waals surface area contributed by atoms with E-state index in [4.69, 9.17) is 10.4 Å². The first-order valence-corrected chi connectivity index (χ1v) is 5.59. The second kappa shape index (κ2) is 6.07. The van der Waals surface area contributed by atoms with Gasteiger partial charge in [0, 0.05) is 18.6 Å². The van der Waals surface area contributed by atoms with E-state index in [2.05, 4.69) is 25.8 Å². The van der Waals surface area contributed by atoms with Crippen LogP contribution < -0.4 is 10.9 Å². The number of hydrogen-bond donors (Lipinski definition) is 3. The highest BCUT2D eigenvalue weighted by Crippen LogP contribution is 2.08. The number of pyridine rings is 1. The topological polar surface area (TPSA) is 141 Å². The monoisotopic (exact) mass is 284 g/mol. The lowest BCUT2D eigenvalue weighted by atomic mass is 10.3. The molecular weight excluding hydrogens is 276 g/mol. The van der Waals surface area contributed by atoms with E-state index >= 15 is 0 Å². The van der Waals surface area contributed by atoms with Gasteiger partial charge in [0.2, 0.25) is 0 Å². The Morgan fingerprint density at radius 2 is 1.86 bits per heavy atom. The van der Waals surface area contributed by atoms with Gasteiger partial charge in [0.05, 0.1) is 5.56 Å². The lowest BCUT2D eigenvalue weighted by Crippen LogP contribution is -2.32. The van der Waals surface area contributed by atoms with Crippen LogP contribution in [-0.2, 0) is 0 Å². The number of carboxylic acids is 1. The Balaban J connectivity index is 2.16. The summed E-state index contributed by atoms with van der Waals surface area (Å²) in [4.78, 5) is 34.0. The van der Waals surface area contributed by atoms with E-state index < -0.39 is 17.6 Å². The summed E-state index contributed by atoms with van der Waals surface area (Å²) < 4.78 is 0. The summed E-state index contributed by atoms with van der Waals surface area (Å²) >= 11 is 0. The van der Waals surface area contributed by atoms with Crippen LogP contribution in [0.15, 0.2) is 30.7 Å². The van der Waals surface area contributed by atoms with E-state index in [-0.39, 0.29) is 17.1 Å². The minimum absolute atomic E-state index is 0.133. The standard InChI is InChI=1S/C12H8N6O3/c13-6-7-2-1-3-16-10(7)17-18-11(19)8-9(12(20)21)15-5-4-14-8/h1-5H,(H,16,17)(H,18,19)(H,20,21). The van der Waals surface area contributed by atoms with Gasteiger partial charge in [-0.25, -0.2) is 19.7 Å². The van der Waals surface area contributed by atoms with Crippen LogP contribution >= 0.6 is 0 Å². The number of nitrogens with zero attached hydrogens (tertiary/aromatic N) is 4. The fourth-order valence-corrected chi connectivity index (χ4v) is 1.43. The zero-order chi connectivity index (χ0) is 15.2. The minimum atomic E-state index is -1.37. The molecule has 0 bridgehead atoms. The van der Waals surface area contributed by atoms with Crippen molar-refractivity contribution in [2.45, 2.75) is 0 Å². The van der Waals surface area contributed by atoms with E-state index in [0.29, 0.717) is 0 Å². The average molecular weight is 284 g/mol. The number of carboxylic acid groups (broad SMARTS) is 1. The number of rotatable bonds is 4. The van der Waals surface area contributed by atoms with Crippen molar-refractivity contribution in [3.63, 3.8) is 0 Å². The van der Waals surface area contributed by atoms with Crippen molar-refractivity contribution in [2.24, 2.45) is 0 Å². The van der Waals surface area contributed by atoms with Gasteiger partial charge in [0.25, 0.3) is 5.91 Å². The largest absolute Gasteiger partial charge is 0.476 e. The third-order valence-corrected chi connectivity index (χ3v) is 2.34. The Kier molecular flexibility index (Phi) is 4.01. The predicted molar refractivity (Wildman–Crippen MR) is 69.0 cm³/mol. The minimum Gasteiger partial charge on any atom is -0.476 e. The molecule has 2 aromatic heterocycles. The Morgan fingerprint density at radius 3 is 2.52 bits per heavy atom. The van der Waals surface area contributed by atoms with Crippen LogP contribution in [0.25, 0.3) is 0 Å². The smallest absolute Gasteiger partial charge is 0.356 e. The molecule has 0 saturated carbocycles. The fraction of sp³-hybridized carbons (Fsp3) is 0. The van der Waals surface area contributed by atoms with Gasteiger partial charge in [0.15, 0.2) is 17.2 Å². The first-order chi connectivity index (χ1) is 10.1. The molecule has 9 heteroatoms. The van der Waals surface area contributed by atoms with E-state index in [1.165, 1.54) is 24.7 Å². The van der Waals surface area contributed by atoms with Gasteiger partial charge in [-0.15, -0.1) is 0 Å². The van der Waals surface area contributed by atoms with Crippen molar-refractivity contribution in [1.29, 1.82) is 5.26 Å². The molecular formula is C12H8N6O3. The van der Waals surface area contributed by atoms with Crippen LogP contribution in [-0.4, -0.2) is 31.9 Å². The number of amides is 1. The molecule has 0 spiro atoms. The second-order valence-corrected chi connectivity index (χ2v) is 3.65. The maximum Gasteiger partial charge on any atom is 0.356 e. The number of hydrogen-bond acceptors (Lipinski definition) is 7. The number of anilines is 1. The molecule has 0 aliphatic heterocycles. The number of carbonyl (C=O) groups excluding carboxylic acids is 1. The van der Waals surface area contributed by atoms with Gasteiger partial charge < -0.3 is 5.11 Å². The molecule has 0 aliphatic carbocycles.